The van der Waals surface area contributed by atoms with E-state index in [4.69, 9.17) is 0 Å². The minimum Gasteiger partial charge on any atom is -0.295 e. The van der Waals surface area contributed by atoms with Crippen LogP contribution in [0.25, 0.3) is 21.8 Å². The van der Waals surface area contributed by atoms with Gasteiger partial charge < -0.3 is 0 Å². The van der Waals surface area contributed by atoms with Crippen molar-refractivity contribution in [3.63, 3.8) is 0 Å². The van der Waals surface area contributed by atoms with Gasteiger partial charge in [0.1, 0.15) is 5.84 Å². The highest BCUT2D eigenvalue weighted by Gasteiger charge is 2.24. The lowest BCUT2D eigenvalue weighted by atomic mass is 10.1. The molecule has 4 rings (SSSR count). The Morgan fingerprint density at radius 2 is 1.75 bits per heavy atom. The Morgan fingerprint density at radius 1 is 1.00 bits per heavy atom. The van der Waals surface area contributed by atoms with Crippen molar-refractivity contribution < 1.29 is 4.79 Å². The summed E-state index contributed by atoms with van der Waals surface area (Å²) in [7, 11) is 1.69. The fourth-order valence-electron chi connectivity index (χ4n) is 3.01. The molecule has 20 heavy (non-hydrogen) atoms. The quantitative estimate of drug-likeness (QED) is 0.614. The Labute approximate surface area is 115 Å². The summed E-state index contributed by atoms with van der Waals surface area (Å²) in [6.45, 7) is 1.93. The molecule has 0 saturated heterocycles. The van der Waals surface area contributed by atoms with Crippen LogP contribution in [0, 0.1) is 0 Å². The number of fused-ring (bicyclic) bond motifs is 3. The molecule has 0 radical (unpaired) electrons. The number of hydrazone groups is 1. The SMILES string of the molecule is CC1=NN(C)C(=O)c2cccc3c4ccccc4n1c23. The largest absolute Gasteiger partial charge is 0.295 e. The first-order valence-electron chi connectivity index (χ1n) is 6.54. The number of amides is 1. The van der Waals surface area contributed by atoms with Crippen molar-refractivity contribution in [3.05, 3.63) is 48.0 Å². The van der Waals surface area contributed by atoms with Gasteiger partial charge in [0.05, 0.1) is 16.6 Å². The molecule has 4 nitrogen and oxygen atoms in total. The molecule has 0 N–H and O–H groups in total. The van der Waals surface area contributed by atoms with Crippen molar-refractivity contribution in [2.24, 2.45) is 5.10 Å². The number of carbonyl (C=O) groups is 1. The van der Waals surface area contributed by atoms with Gasteiger partial charge in [0.25, 0.3) is 5.91 Å². The van der Waals surface area contributed by atoms with Gasteiger partial charge in [-0.3, -0.25) is 9.36 Å². The summed E-state index contributed by atoms with van der Waals surface area (Å²) in [6.07, 6.45) is 0. The van der Waals surface area contributed by atoms with Gasteiger partial charge >= 0.3 is 0 Å². The molecule has 0 saturated carbocycles. The van der Waals surface area contributed by atoms with Crippen LogP contribution in [0.3, 0.4) is 0 Å². The molecule has 1 amide bonds. The van der Waals surface area contributed by atoms with E-state index in [1.54, 1.807) is 7.05 Å². The lowest BCUT2D eigenvalue weighted by Crippen LogP contribution is -2.21. The third-order valence-electron chi connectivity index (χ3n) is 3.84. The van der Waals surface area contributed by atoms with Crippen LogP contribution in [0.15, 0.2) is 47.6 Å². The van der Waals surface area contributed by atoms with Crippen molar-refractivity contribution in [1.29, 1.82) is 0 Å². The number of para-hydroxylation sites is 2. The molecule has 3 aromatic rings. The topological polar surface area (TPSA) is 37.6 Å². The molecule has 1 aliphatic rings. The van der Waals surface area contributed by atoms with Crippen LogP contribution in [0.2, 0.25) is 0 Å². The Kier molecular flexibility index (Phi) is 2.07. The predicted octanol–water partition coefficient (Wildman–Crippen LogP) is 3.06. The Morgan fingerprint density at radius 3 is 2.60 bits per heavy atom. The molecule has 4 heteroatoms. The maximum atomic E-state index is 12.5. The average Bonchev–Trinajstić information content (AvgIpc) is 2.76. The summed E-state index contributed by atoms with van der Waals surface area (Å²) in [5.41, 5.74) is 2.73. The van der Waals surface area contributed by atoms with E-state index in [9.17, 15) is 4.79 Å². The molecule has 0 atom stereocenters. The second-order valence-corrected chi connectivity index (χ2v) is 5.03. The molecule has 2 heterocycles. The van der Waals surface area contributed by atoms with Gasteiger partial charge in [0.15, 0.2) is 0 Å². The highest BCUT2D eigenvalue weighted by molar-refractivity contribution is 6.20. The van der Waals surface area contributed by atoms with E-state index in [-0.39, 0.29) is 5.91 Å². The first-order valence-corrected chi connectivity index (χ1v) is 6.54. The first kappa shape index (κ1) is 11.2. The highest BCUT2D eigenvalue weighted by atomic mass is 16.2. The molecule has 1 aliphatic heterocycles. The fourth-order valence-corrected chi connectivity index (χ4v) is 3.01. The monoisotopic (exact) mass is 263 g/mol. The zero-order valence-electron chi connectivity index (χ0n) is 11.3. The van der Waals surface area contributed by atoms with Gasteiger partial charge in [-0.25, -0.2) is 5.01 Å². The van der Waals surface area contributed by atoms with Crippen molar-refractivity contribution in [1.82, 2.24) is 9.58 Å². The molecule has 1 aromatic heterocycles. The predicted molar refractivity (Wildman–Crippen MR) is 80.0 cm³/mol. The Hall–Kier alpha value is -2.62. The number of hydrogen-bond acceptors (Lipinski definition) is 2. The first-order chi connectivity index (χ1) is 9.68. The van der Waals surface area contributed by atoms with Crippen LogP contribution in [-0.4, -0.2) is 28.4 Å². The number of aromatic nitrogens is 1. The van der Waals surface area contributed by atoms with Gasteiger partial charge in [0.2, 0.25) is 0 Å². The fraction of sp³-hybridized carbons (Fsp3) is 0.125. The van der Waals surface area contributed by atoms with E-state index >= 15 is 0 Å². The van der Waals surface area contributed by atoms with E-state index in [1.165, 1.54) is 5.01 Å². The van der Waals surface area contributed by atoms with Crippen LogP contribution in [0.1, 0.15) is 17.3 Å². The van der Waals surface area contributed by atoms with Crippen LogP contribution >= 0.6 is 0 Å². The minimum atomic E-state index is -0.0727. The maximum Gasteiger partial charge on any atom is 0.275 e. The van der Waals surface area contributed by atoms with Gasteiger partial charge in [-0.2, -0.15) is 5.10 Å². The minimum absolute atomic E-state index is 0.0727. The van der Waals surface area contributed by atoms with Gasteiger partial charge in [-0.05, 0) is 19.1 Å². The van der Waals surface area contributed by atoms with Crippen LogP contribution < -0.4 is 0 Å². The number of hydrogen-bond donors (Lipinski definition) is 0. The summed E-state index contributed by atoms with van der Waals surface area (Å²) < 4.78 is 2.07. The second kappa shape index (κ2) is 3.70. The number of rotatable bonds is 0. The van der Waals surface area contributed by atoms with E-state index in [0.717, 1.165) is 27.6 Å². The third kappa shape index (κ3) is 1.25. The number of carbonyl (C=O) groups excluding carboxylic acids is 1. The molecule has 0 fully saturated rings. The summed E-state index contributed by atoms with van der Waals surface area (Å²) in [6, 6.07) is 14.0. The molecule has 98 valence electrons. The van der Waals surface area contributed by atoms with E-state index in [1.807, 2.05) is 31.2 Å². The van der Waals surface area contributed by atoms with Crippen molar-refractivity contribution in [3.8, 4) is 0 Å². The molecular weight excluding hydrogens is 250 g/mol. The molecule has 0 bridgehead atoms. The van der Waals surface area contributed by atoms with E-state index in [2.05, 4.69) is 27.9 Å². The maximum absolute atomic E-state index is 12.5. The smallest absolute Gasteiger partial charge is 0.275 e. The van der Waals surface area contributed by atoms with Gasteiger partial charge in [-0.1, -0.05) is 30.3 Å². The normalized spacial score (nSPS) is 14.8. The molecule has 0 unspecified atom stereocenters. The van der Waals surface area contributed by atoms with Crippen molar-refractivity contribution in [2.45, 2.75) is 6.92 Å². The molecule has 0 aliphatic carbocycles. The van der Waals surface area contributed by atoms with E-state index in [0.29, 0.717) is 5.56 Å². The third-order valence-corrected chi connectivity index (χ3v) is 3.84. The van der Waals surface area contributed by atoms with Crippen molar-refractivity contribution >= 4 is 33.5 Å². The zero-order valence-corrected chi connectivity index (χ0v) is 11.3. The summed E-state index contributed by atoms with van der Waals surface area (Å²) in [4.78, 5) is 12.5. The molecule has 2 aromatic carbocycles. The van der Waals surface area contributed by atoms with Crippen molar-refractivity contribution in [2.75, 3.05) is 7.05 Å². The lowest BCUT2D eigenvalue weighted by molar-refractivity contribution is 0.0802. The number of benzene rings is 2. The second-order valence-electron chi connectivity index (χ2n) is 5.03. The number of nitrogens with zero attached hydrogens (tertiary/aromatic N) is 3. The molecular formula is C16H13N3O. The molecule has 0 spiro atoms. The average molecular weight is 263 g/mol. The zero-order chi connectivity index (χ0) is 13.9. The Bertz CT molecular complexity index is 905. The van der Waals surface area contributed by atoms with Crippen LogP contribution in [-0.2, 0) is 0 Å². The van der Waals surface area contributed by atoms with Crippen LogP contribution in [0.5, 0.6) is 0 Å². The Balaban J connectivity index is 2.33. The van der Waals surface area contributed by atoms with Gasteiger partial charge in [-0.15, -0.1) is 0 Å². The summed E-state index contributed by atoms with van der Waals surface area (Å²) in [5, 5.41) is 8.03. The summed E-state index contributed by atoms with van der Waals surface area (Å²) >= 11 is 0. The standard InChI is InChI=1S/C16H13N3O/c1-10-17-18(2)16(20)13-8-5-7-12-11-6-3-4-9-14(11)19(10)15(12)13/h3-9H,1-2H3. The van der Waals surface area contributed by atoms with Crippen LogP contribution in [0.4, 0.5) is 0 Å². The van der Waals surface area contributed by atoms with E-state index < -0.39 is 0 Å². The van der Waals surface area contributed by atoms with Gasteiger partial charge in [0, 0.05) is 17.8 Å². The summed E-state index contributed by atoms with van der Waals surface area (Å²) in [5.74, 6) is 0.730. The lowest BCUT2D eigenvalue weighted by Gasteiger charge is -2.09. The highest BCUT2D eigenvalue weighted by Crippen LogP contribution is 2.32.